The van der Waals surface area contributed by atoms with Gasteiger partial charge in [-0.2, -0.15) is 5.10 Å². The standard InChI is InChI=1S/C14H16N6O2/c1-19-9-11(8-18-19)12-10(3-2-4-15-12)7-17-14(22)20-6-5-16-13(20)21/h2-4,8-9H,5-7H2,1H3,(H,16,21)(H,17,22). The Morgan fingerprint density at radius 1 is 1.50 bits per heavy atom. The summed E-state index contributed by atoms with van der Waals surface area (Å²) in [6, 6.07) is 2.93. The number of carbonyl (C=O) groups is 2. The number of aromatic nitrogens is 3. The van der Waals surface area contributed by atoms with Gasteiger partial charge < -0.3 is 10.6 Å². The van der Waals surface area contributed by atoms with Crippen LogP contribution in [0.3, 0.4) is 0 Å². The second-order valence-corrected chi connectivity index (χ2v) is 4.96. The van der Waals surface area contributed by atoms with Crippen LogP contribution in [0.1, 0.15) is 5.56 Å². The molecule has 0 bridgehead atoms. The monoisotopic (exact) mass is 300 g/mol. The molecule has 3 rings (SSSR count). The maximum Gasteiger partial charge on any atom is 0.325 e. The maximum atomic E-state index is 12.0. The average molecular weight is 300 g/mol. The van der Waals surface area contributed by atoms with Crippen molar-refractivity contribution < 1.29 is 9.59 Å². The van der Waals surface area contributed by atoms with Crippen LogP contribution in [-0.4, -0.2) is 44.8 Å². The van der Waals surface area contributed by atoms with Gasteiger partial charge >= 0.3 is 12.1 Å². The Labute approximate surface area is 127 Å². The van der Waals surface area contributed by atoms with Crippen LogP contribution in [-0.2, 0) is 13.6 Å². The third kappa shape index (κ3) is 2.76. The molecule has 0 aliphatic carbocycles. The van der Waals surface area contributed by atoms with E-state index in [2.05, 4.69) is 20.7 Å². The van der Waals surface area contributed by atoms with Crippen LogP contribution in [0.15, 0.2) is 30.7 Å². The number of nitrogens with one attached hydrogen (secondary N) is 2. The summed E-state index contributed by atoms with van der Waals surface area (Å²) in [5, 5.41) is 9.47. The van der Waals surface area contributed by atoms with Crippen LogP contribution in [0.5, 0.6) is 0 Å². The highest BCUT2D eigenvalue weighted by molar-refractivity contribution is 5.94. The number of nitrogens with zero attached hydrogens (tertiary/aromatic N) is 4. The molecule has 22 heavy (non-hydrogen) atoms. The second-order valence-electron chi connectivity index (χ2n) is 4.96. The highest BCUT2D eigenvalue weighted by Gasteiger charge is 2.25. The van der Waals surface area contributed by atoms with Gasteiger partial charge in [-0.15, -0.1) is 0 Å². The molecule has 1 aliphatic rings. The number of carbonyl (C=O) groups excluding carboxylic acids is 2. The minimum Gasteiger partial charge on any atom is -0.336 e. The summed E-state index contributed by atoms with van der Waals surface area (Å²) in [5.41, 5.74) is 2.51. The van der Waals surface area contributed by atoms with Crippen molar-refractivity contribution >= 4 is 12.1 Å². The highest BCUT2D eigenvalue weighted by atomic mass is 16.2. The van der Waals surface area contributed by atoms with Crippen molar-refractivity contribution in [2.45, 2.75) is 6.54 Å². The Morgan fingerprint density at radius 3 is 3.05 bits per heavy atom. The molecule has 0 aromatic carbocycles. The third-order valence-electron chi connectivity index (χ3n) is 3.40. The summed E-state index contributed by atoms with van der Waals surface area (Å²) in [4.78, 5) is 29.0. The molecule has 8 heteroatoms. The van der Waals surface area contributed by atoms with Crippen molar-refractivity contribution in [3.05, 3.63) is 36.3 Å². The molecule has 114 valence electrons. The Hall–Kier alpha value is -2.90. The molecular formula is C14H16N6O2. The highest BCUT2D eigenvalue weighted by Crippen LogP contribution is 2.20. The number of hydrogen-bond acceptors (Lipinski definition) is 4. The van der Waals surface area contributed by atoms with Crippen molar-refractivity contribution in [2.24, 2.45) is 7.05 Å². The fourth-order valence-corrected chi connectivity index (χ4v) is 2.32. The molecule has 8 nitrogen and oxygen atoms in total. The lowest BCUT2D eigenvalue weighted by Crippen LogP contribution is -2.41. The van der Waals surface area contributed by atoms with Crippen LogP contribution in [0.2, 0.25) is 0 Å². The molecule has 0 saturated carbocycles. The molecule has 1 saturated heterocycles. The van der Waals surface area contributed by atoms with Crippen LogP contribution >= 0.6 is 0 Å². The minimum atomic E-state index is -0.406. The van der Waals surface area contributed by atoms with E-state index in [9.17, 15) is 9.59 Å². The normalized spacial score (nSPS) is 14.0. The van der Waals surface area contributed by atoms with Crippen molar-refractivity contribution in [2.75, 3.05) is 13.1 Å². The first-order valence-corrected chi connectivity index (χ1v) is 6.91. The lowest BCUT2D eigenvalue weighted by Gasteiger charge is -2.14. The predicted molar refractivity (Wildman–Crippen MR) is 78.8 cm³/mol. The molecular weight excluding hydrogens is 284 g/mol. The molecule has 0 spiro atoms. The fraction of sp³-hybridized carbons (Fsp3) is 0.286. The number of pyridine rings is 1. The van der Waals surface area contributed by atoms with Gasteiger partial charge in [-0.05, 0) is 11.6 Å². The SMILES string of the molecule is Cn1cc(-c2ncccc2CNC(=O)N2CCNC2=O)cn1. The number of hydrogen-bond donors (Lipinski definition) is 2. The van der Waals surface area contributed by atoms with E-state index >= 15 is 0 Å². The first kappa shape index (κ1) is 14.1. The summed E-state index contributed by atoms with van der Waals surface area (Å²) in [6.45, 7) is 1.16. The third-order valence-corrected chi connectivity index (χ3v) is 3.40. The summed E-state index contributed by atoms with van der Waals surface area (Å²) in [6.07, 6.45) is 5.28. The zero-order valence-electron chi connectivity index (χ0n) is 12.1. The molecule has 2 aromatic rings. The van der Waals surface area contributed by atoms with E-state index in [0.717, 1.165) is 21.7 Å². The molecule has 2 N–H and O–H groups in total. The first-order chi connectivity index (χ1) is 10.6. The van der Waals surface area contributed by atoms with Crippen LogP contribution < -0.4 is 10.6 Å². The lowest BCUT2D eigenvalue weighted by molar-refractivity contribution is 0.198. The van der Waals surface area contributed by atoms with Gasteiger partial charge in [-0.25, -0.2) is 14.5 Å². The van der Waals surface area contributed by atoms with Gasteiger partial charge in [0.05, 0.1) is 11.9 Å². The number of rotatable bonds is 3. The van der Waals surface area contributed by atoms with Crippen molar-refractivity contribution in [3.63, 3.8) is 0 Å². The lowest BCUT2D eigenvalue weighted by atomic mass is 10.1. The van der Waals surface area contributed by atoms with Crippen LogP contribution in [0.4, 0.5) is 9.59 Å². The molecule has 0 unspecified atom stereocenters. The molecule has 1 aliphatic heterocycles. The maximum absolute atomic E-state index is 12.0. The summed E-state index contributed by atoms with van der Waals surface area (Å²) >= 11 is 0. The van der Waals surface area contributed by atoms with Crippen LogP contribution in [0, 0.1) is 0 Å². The molecule has 3 heterocycles. The van der Waals surface area contributed by atoms with E-state index in [-0.39, 0.29) is 6.03 Å². The second kappa shape index (κ2) is 5.84. The fourth-order valence-electron chi connectivity index (χ4n) is 2.32. The zero-order chi connectivity index (χ0) is 15.5. The number of urea groups is 2. The van der Waals surface area contributed by atoms with Gasteiger partial charge in [-0.1, -0.05) is 6.07 Å². The largest absolute Gasteiger partial charge is 0.336 e. The Morgan fingerprint density at radius 2 is 2.36 bits per heavy atom. The number of imide groups is 1. The van der Waals surface area contributed by atoms with Crippen LogP contribution in [0.25, 0.3) is 11.3 Å². The van der Waals surface area contributed by atoms with Gasteiger partial charge in [0.1, 0.15) is 0 Å². The zero-order valence-corrected chi connectivity index (χ0v) is 12.1. The molecule has 2 aromatic heterocycles. The molecule has 0 radical (unpaired) electrons. The molecule has 1 fully saturated rings. The van der Waals surface area contributed by atoms with E-state index in [1.807, 2.05) is 25.4 Å². The van der Waals surface area contributed by atoms with E-state index in [1.165, 1.54) is 0 Å². The number of aryl methyl sites for hydroxylation is 1. The summed E-state index contributed by atoms with van der Waals surface area (Å²) < 4.78 is 1.70. The summed E-state index contributed by atoms with van der Waals surface area (Å²) in [7, 11) is 1.83. The Balaban J connectivity index is 1.73. The van der Waals surface area contributed by atoms with Crippen molar-refractivity contribution in [1.29, 1.82) is 0 Å². The average Bonchev–Trinajstić information content (AvgIpc) is 3.13. The van der Waals surface area contributed by atoms with E-state index in [1.54, 1.807) is 17.1 Å². The Bertz CT molecular complexity index is 711. The quantitative estimate of drug-likeness (QED) is 0.873. The molecule has 0 atom stereocenters. The van der Waals surface area contributed by atoms with Gasteiger partial charge in [0, 0.05) is 44.6 Å². The van der Waals surface area contributed by atoms with E-state index < -0.39 is 6.03 Å². The Kier molecular flexibility index (Phi) is 3.73. The number of amides is 4. The van der Waals surface area contributed by atoms with Gasteiger partial charge in [-0.3, -0.25) is 9.67 Å². The summed E-state index contributed by atoms with van der Waals surface area (Å²) in [5.74, 6) is 0. The van der Waals surface area contributed by atoms with Gasteiger partial charge in [0.2, 0.25) is 0 Å². The van der Waals surface area contributed by atoms with E-state index in [4.69, 9.17) is 0 Å². The first-order valence-electron chi connectivity index (χ1n) is 6.91. The minimum absolute atomic E-state index is 0.292. The van der Waals surface area contributed by atoms with E-state index in [0.29, 0.717) is 19.6 Å². The molecule has 4 amide bonds. The van der Waals surface area contributed by atoms with Crippen molar-refractivity contribution in [3.8, 4) is 11.3 Å². The topological polar surface area (TPSA) is 92.2 Å². The predicted octanol–water partition coefficient (Wildman–Crippen LogP) is 0.717. The van der Waals surface area contributed by atoms with Crippen molar-refractivity contribution in [1.82, 2.24) is 30.3 Å². The van der Waals surface area contributed by atoms with Gasteiger partial charge in [0.15, 0.2) is 0 Å². The smallest absolute Gasteiger partial charge is 0.325 e. The van der Waals surface area contributed by atoms with Gasteiger partial charge in [0.25, 0.3) is 0 Å².